The molecular formula is C20H31N5O. The fourth-order valence-electron chi connectivity index (χ4n) is 3.73. The Morgan fingerprint density at radius 2 is 1.92 bits per heavy atom. The minimum atomic E-state index is 0.243. The van der Waals surface area contributed by atoms with Crippen LogP contribution in [0.15, 0.2) is 36.8 Å². The third-order valence-corrected chi connectivity index (χ3v) is 4.81. The van der Waals surface area contributed by atoms with Crippen molar-refractivity contribution in [3.8, 4) is 5.95 Å². The van der Waals surface area contributed by atoms with E-state index in [1.807, 2.05) is 18.3 Å². The summed E-state index contributed by atoms with van der Waals surface area (Å²) < 4.78 is 2.06. The van der Waals surface area contributed by atoms with Crippen molar-refractivity contribution in [1.82, 2.24) is 24.3 Å². The Morgan fingerprint density at radius 1 is 1.15 bits per heavy atom. The Balaban J connectivity index is 1.68. The minimum Gasteiger partial charge on any atom is -0.396 e. The topological polar surface area (TPSA) is 57.4 Å². The van der Waals surface area contributed by atoms with E-state index in [1.165, 1.54) is 5.69 Å². The van der Waals surface area contributed by atoms with Crippen LogP contribution in [-0.2, 0) is 6.54 Å². The van der Waals surface area contributed by atoms with E-state index in [-0.39, 0.29) is 12.0 Å². The summed E-state index contributed by atoms with van der Waals surface area (Å²) in [5, 5.41) is 9.50. The zero-order valence-electron chi connectivity index (χ0n) is 16.2. The second-order valence-electron chi connectivity index (χ2n) is 8.35. The lowest BCUT2D eigenvalue weighted by Gasteiger charge is -2.44. The van der Waals surface area contributed by atoms with Gasteiger partial charge in [0.05, 0.1) is 0 Å². The van der Waals surface area contributed by atoms with Crippen molar-refractivity contribution >= 4 is 0 Å². The van der Waals surface area contributed by atoms with Crippen LogP contribution in [0.25, 0.3) is 5.95 Å². The zero-order chi connectivity index (χ0) is 18.6. The predicted molar refractivity (Wildman–Crippen MR) is 103 cm³/mol. The molecule has 1 atom stereocenters. The van der Waals surface area contributed by atoms with Gasteiger partial charge in [-0.1, -0.05) is 20.8 Å². The summed E-state index contributed by atoms with van der Waals surface area (Å²) in [6.07, 6.45) is 6.39. The van der Waals surface area contributed by atoms with E-state index in [4.69, 9.17) is 0 Å². The normalized spacial score (nSPS) is 19.8. The molecule has 2 aromatic rings. The monoisotopic (exact) mass is 357 g/mol. The molecule has 1 saturated heterocycles. The summed E-state index contributed by atoms with van der Waals surface area (Å²) in [5.74, 6) is 0.714. The van der Waals surface area contributed by atoms with Gasteiger partial charge in [0.25, 0.3) is 0 Å². The molecule has 1 aliphatic rings. The molecule has 0 bridgehead atoms. The highest BCUT2D eigenvalue weighted by atomic mass is 16.3. The minimum absolute atomic E-state index is 0.243. The fourth-order valence-corrected chi connectivity index (χ4v) is 3.73. The molecular weight excluding hydrogens is 326 g/mol. The maximum Gasteiger partial charge on any atom is 0.233 e. The highest BCUT2D eigenvalue weighted by Gasteiger charge is 2.29. The van der Waals surface area contributed by atoms with Gasteiger partial charge < -0.3 is 5.11 Å². The molecule has 2 aromatic heterocycles. The molecule has 0 radical (unpaired) electrons. The first-order valence-corrected chi connectivity index (χ1v) is 9.47. The van der Waals surface area contributed by atoms with Crippen molar-refractivity contribution in [2.75, 3.05) is 32.8 Å². The summed E-state index contributed by atoms with van der Waals surface area (Å²) in [5.41, 5.74) is 1.47. The van der Waals surface area contributed by atoms with Crippen LogP contribution in [0.1, 0.15) is 32.9 Å². The highest BCUT2D eigenvalue weighted by Crippen LogP contribution is 2.22. The molecule has 6 nitrogen and oxygen atoms in total. The molecule has 0 unspecified atom stereocenters. The average molecular weight is 358 g/mol. The third-order valence-electron chi connectivity index (χ3n) is 4.81. The standard InChI is InChI=1S/C20H31N5O/c1-20(2,3)16-24-12-11-23(14-17(24)7-13-26)15-18-6-4-10-25(18)19-21-8-5-9-22-19/h4-6,8-10,17,26H,7,11-16H2,1-3H3/t17-/m1/s1. The Hall–Kier alpha value is -1.76. The van der Waals surface area contributed by atoms with Crippen LogP contribution in [0.2, 0.25) is 0 Å². The van der Waals surface area contributed by atoms with E-state index >= 15 is 0 Å². The van der Waals surface area contributed by atoms with Gasteiger partial charge in [-0.25, -0.2) is 9.97 Å². The van der Waals surface area contributed by atoms with Crippen LogP contribution < -0.4 is 0 Å². The molecule has 3 rings (SSSR count). The molecule has 0 amide bonds. The Kier molecular flexibility index (Phi) is 6.06. The first-order valence-electron chi connectivity index (χ1n) is 9.47. The number of nitrogens with zero attached hydrogens (tertiary/aromatic N) is 5. The maximum absolute atomic E-state index is 9.50. The van der Waals surface area contributed by atoms with E-state index in [9.17, 15) is 5.11 Å². The van der Waals surface area contributed by atoms with Gasteiger partial charge in [0, 0.05) is 69.7 Å². The molecule has 0 saturated carbocycles. The van der Waals surface area contributed by atoms with Crippen molar-refractivity contribution in [2.24, 2.45) is 5.41 Å². The number of piperazine rings is 1. The van der Waals surface area contributed by atoms with Crippen LogP contribution in [0.5, 0.6) is 0 Å². The second-order valence-corrected chi connectivity index (χ2v) is 8.35. The van der Waals surface area contributed by atoms with Gasteiger partial charge >= 0.3 is 0 Å². The maximum atomic E-state index is 9.50. The molecule has 0 spiro atoms. The molecule has 1 fully saturated rings. The lowest BCUT2D eigenvalue weighted by Crippen LogP contribution is -2.55. The van der Waals surface area contributed by atoms with Crippen molar-refractivity contribution in [3.05, 3.63) is 42.5 Å². The quantitative estimate of drug-likeness (QED) is 0.859. The van der Waals surface area contributed by atoms with Gasteiger partial charge in [-0.2, -0.15) is 0 Å². The van der Waals surface area contributed by atoms with Crippen molar-refractivity contribution in [1.29, 1.82) is 0 Å². The summed E-state index contributed by atoms with van der Waals surface area (Å²) >= 11 is 0. The Morgan fingerprint density at radius 3 is 2.62 bits per heavy atom. The summed E-state index contributed by atoms with van der Waals surface area (Å²) in [7, 11) is 0. The number of hydrogen-bond donors (Lipinski definition) is 1. The van der Waals surface area contributed by atoms with E-state index in [0.717, 1.165) is 39.1 Å². The first kappa shape index (κ1) is 19.0. The lowest BCUT2D eigenvalue weighted by molar-refractivity contribution is 0.0333. The smallest absolute Gasteiger partial charge is 0.233 e. The van der Waals surface area contributed by atoms with Crippen LogP contribution in [-0.4, -0.2) is 68.3 Å². The second kappa shape index (κ2) is 8.29. The van der Waals surface area contributed by atoms with Gasteiger partial charge in [0.15, 0.2) is 0 Å². The highest BCUT2D eigenvalue weighted by molar-refractivity contribution is 5.20. The van der Waals surface area contributed by atoms with Crippen molar-refractivity contribution in [2.45, 2.75) is 39.8 Å². The van der Waals surface area contributed by atoms with Crippen LogP contribution in [0.3, 0.4) is 0 Å². The molecule has 26 heavy (non-hydrogen) atoms. The van der Waals surface area contributed by atoms with E-state index in [0.29, 0.717) is 12.0 Å². The number of rotatable bonds is 6. The van der Waals surface area contributed by atoms with Gasteiger partial charge in [-0.3, -0.25) is 14.4 Å². The van der Waals surface area contributed by atoms with Crippen LogP contribution >= 0.6 is 0 Å². The van der Waals surface area contributed by atoms with Crippen molar-refractivity contribution in [3.63, 3.8) is 0 Å². The van der Waals surface area contributed by atoms with E-state index in [1.54, 1.807) is 12.4 Å². The SMILES string of the molecule is CC(C)(C)CN1CCN(Cc2cccn2-c2ncccn2)C[C@H]1CCO. The van der Waals surface area contributed by atoms with Gasteiger partial charge in [0.2, 0.25) is 5.95 Å². The van der Waals surface area contributed by atoms with Gasteiger partial charge in [-0.05, 0) is 30.0 Å². The zero-order valence-corrected chi connectivity index (χ0v) is 16.2. The Labute approximate surface area is 156 Å². The summed E-state index contributed by atoms with van der Waals surface area (Å²) in [6.45, 7) is 12.1. The molecule has 6 heteroatoms. The Bertz CT molecular complexity index is 679. The number of aliphatic hydroxyl groups is 1. The molecule has 1 N–H and O–H groups in total. The number of aromatic nitrogens is 3. The predicted octanol–water partition coefficient (Wildman–Crippen LogP) is 2.18. The molecule has 0 aliphatic carbocycles. The van der Waals surface area contributed by atoms with E-state index < -0.39 is 0 Å². The number of aliphatic hydroxyl groups excluding tert-OH is 1. The molecule has 1 aliphatic heterocycles. The largest absolute Gasteiger partial charge is 0.396 e. The molecule has 142 valence electrons. The van der Waals surface area contributed by atoms with Crippen LogP contribution in [0, 0.1) is 5.41 Å². The molecule has 3 heterocycles. The average Bonchev–Trinajstić information content (AvgIpc) is 3.05. The first-order chi connectivity index (χ1) is 12.5. The van der Waals surface area contributed by atoms with Gasteiger partial charge in [-0.15, -0.1) is 0 Å². The van der Waals surface area contributed by atoms with Crippen LogP contribution in [0.4, 0.5) is 0 Å². The van der Waals surface area contributed by atoms with Crippen molar-refractivity contribution < 1.29 is 5.11 Å². The lowest BCUT2D eigenvalue weighted by atomic mass is 9.94. The third kappa shape index (κ3) is 4.90. The summed E-state index contributed by atoms with van der Waals surface area (Å²) in [4.78, 5) is 13.8. The van der Waals surface area contributed by atoms with E-state index in [2.05, 4.69) is 51.2 Å². The summed E-state index contributed by atoms with van der Waals surface area (Å²) in [6, 6.07) is 6.43. The number of hydrogen-bond acceptors (Lipinski definition) is 5. The van der Waals surface area contributed by atoms with Gasteiger partial charge in [0.1, 0.15) is 0 Å². The molecule has 0 aromatic carbocycles. The fraction of sp³-hybridized carbons (Fsp3) is 0.600.